The number of piperazine rings is 1. The van der Waals surface area contributed by atoms with Crippen LogP contribution in [0.2, 0.25) is 0 Å². The van der Waals surface area contributed by atoms with E-state index in [1.54, 1.807) is 13.0 Å². The van der Waals surface area contributed by atoms with E-state index in [2.05, 4.69) is 15.5 Å². The number of nitro groups is 1. The number of amides is 1. The first-order valence-corrected chi connectivity index (χ1v) is 7.54. The second-order valence-corrected chi connectivity index (χ2v) is 5.46. The van der Waals surface area contributed by atoms with Crippen molar-refractivity contribution in [1.82, 2.24) is 15.5 Å². The summed E-state index contributed by atoms with van der Waals surface area (Å²) in [5.74, 6) is -0.249. The Bertz CT molecular complexity index is 542. The van der Waals surface area contributed by atoms with Gasteiger partial charge in [-0.3, -0.25) is 14.9 Å². The number of aryl methyl sites for hydroxylation is 1. The standard InChI is InChI=1S/C15H22N4O3/c1-12-3-4-13(19(21)22)11-14(12)15(20)17-5-2-8-18-9-6-16-7-10-18/h3-4,11,16H,2,5-10H2,1H3,(H,17,20). The van der Waals surface area contributed by atoms with Crippen molar-refractivity contribution in [2.24, 2.45) is 0 Å². The summed E-state index contributed by atoms with van der Waals surface area (Å²) in [5, 5.41) is 16.9. The van der Waals surface area contributed by atoms with Crippen molar-refractivity contribution < 1.29 is 9.72 Å². The van der Waals surface area contributed by atoms with Crippen LogP contribution in [0.5, 0.6) is 0 Å². The Morgan fingerprint density at radius 2 is 2.14 bits per heavy atom. The molecule has 120 valence electrons. The second-order valence-electron chi connectivity index (χ2n) is 5.46. The fourth-order valence-corrected chi connectivity index (χ4v) is 2.50. The molecule has 1 fully saturated rings. The molecule has 0 unspecified atom stereocenters. The number of hydrogen-bond acceptors (Lipinski definition) is 5. The number of carbonyl (C=O) groups is 1. The van der Waals surface area contributed by atoms with Gasteiger partial charge >= 0.3 is 0 Å². The zero-order chi connectivity index (χ0) is 15.9. The Morgan fingerprint density at radius 1 is 1.41 bits per heavy atom. The lowest BCUT2D eigenvalue weighted by Crippen LogP contribution is -2.44. The van der Waals surface area contributed by atoms with E-state index >= 15 is 0 Å². The maximum atomic E-state index is 12.1. The van der Waals surface area contributed by atoms with Crippen LogP contribution in [0.25, 0.3) is 0 Å². The molecule has 1 aromatic rings. The number of non-ortho nitro benzene ring substituents is 1. The molecule has 1 aromatic carbocycles. The maximum absolute atomic E-state index is 12.1. The SMILES string of the molecule is Cc1ccc([N+](=O)[O-])cc1C(=O)NCCCN1CCNCC1. The van der Waals surface area contributed by atoms with Crippen LogP contribution in [-0.4, -0.2) is 55.0 Å². The van der Waals surface area contributed by atoms with Crippen molar-refractivity contribution in [2.75, 3.05) is 39.3 Å². The van der Waals surface area contributed by atoms with Gasteiger partial charge in [0.05, 0.1) is 4.92 Å². The fourth-order valence-electron chi connectivity index (χ4n) is 2.50. The minimum absolute atomic E-state index is 0.0587. The van der Waals surface area contributed by atoms with Gasteiger partial charge in [0, 0.05) is 50.4 Å². The van der Waals surface area contributed by atoms with Gasteiger partial charge in [-0.25, -0.2) is 0 Å². The van der Waals surface area contributed by atoms with Crippen molar-refractivity contribution in [2.45, 2.75) is 13.3 Å². The summed E-state index contributed by atoms with van der Waals surface area (Å²) in [5.41, 5.74) is 1.05. The van der Waals surface area contributed by atoms with Crippen molar-refractivity contribution in [3.8, 4) is 0 Å². The molecule has 7 nitrogen and oxygen atoms in total. The molecular weight excluding hydrogens is 284 g/mol. The Balaban J connectivity index is 1.81. The number of carbonyl (C=O) groups excluding carboxylic acids is 1. The monoisotopic (exact) mass is 306 g/mol. The lowest BCUT2D eigenvalue weighted by atomic mass is 10.1. The number of nitro benzene ring substituents is 1. The molecule has 2 rings (SSSR count). The predicted molar refractivity (Wildman–Crippen MR) is 84.1 cm³/mol. The van der Waals surface area contributed by atoms with Crippen LogP contribution < -0.4 is 10.6 Å². The van der Waals surface area contributed by atoms with Crippen LogP contribution in [0.15, 0.2) is 18.2 Å². The van der Waals surface area contributed by atoms with Gasteiger partial charge in [0.15, 0.2) is 0 Å². The van der Waals surface area contributed by atoms with Crippen LogP contribution in [0, 0.1) is 17.0 Å². The summed E-state index contributed by atoms with van der Waals surface area (Å²) in [6.45, 7) is 7.41. The molecule has 1 saturated heterocycles. The lowest BCUT2D eigenvalue weighted by Gasteiger charge is -2.27. The summed E-state index contributed by atoms with van der Waals surface area (Å²) in [7, 11) is 0. The van der Waals surface area contributed by atoms with Gasteiger partial charge in [-0.05, 0) is 25.5 Å². The number of rotatable bonds is 6. The third-order valence-electron chi connectivity index (χ3n) is 3.82. The van der Waals surface area contributed by atoms with E-state index in [0.717, 1.165) is 44.7 Å². The topological polar surface area (TPSA) is 87.5 Å². The highest BCUT2D eigenvalue weighted by molar-refractivity contribution is 5.96. The average Bonchev–Trinajstić information content (AvgIpc) is 2.52. The molecule has 0 radical (unpaired) electrons. The minimum Gasteiger partial charge on any atom is -0.352 e. The summed E-state index contributed by atoms with van der Waals surface area (Å²) in [6, 6.07) is 4.35. The van der Waals surface area contributed by atoms with Crippen molar-refractivity contribution in [1.29, 1.82) is 0 Å². The number of nitrogens with zero attached hydrogens (tertiary/aromatic N) is 2. The molecule has 1 heterocycles. The highest BCUT2D eigenvalue weighted by Gasteiger charge is 2.14. The molecule has 0 aromatic heterocycles. The Kier molecular flexibility index (Phi) is 5.85. The summed E-state index contributed by atoms with van der Waals surface area (Å²) >= 11 is 0. The number of hydrogen-bond donors (Lipinski definition) is 2. The predicted octanol–water partition coefficient (Wildman–Crippen LogP) is 0.928. The fraction of sp³-hybridized carbons (Fsp3) is 0.533. The zero-order valence-electron chi connectivity index (χ0n) is 12.8. The molecule has 0 bridgehead atoms. The highest BCUT2D eigenvalue weighted by atomic mass is 16.6. The molecule has 1 aliphatic heterocycles. The van der Waals surface area contributed by atoms with Gasteiger partial charge in [-0.2, -0.15) is 0 Å². The van der Waals surface area contributed by atoms with Crippen LogP contribution in [0.1, 0.15) is 22.3 Å². The third kappa shape index (κ3) is 4.51. The van der Waals surface area contributed by atoms with Gasteiger partial charge in [0.25, 0.3) is 11.6 Å². The molecule has 1 amide bonds. The molecule has 0 saturated carbocycles. The Labute approximate surface area is 129 Å². The first-order chi connectivity index (χ1) is 10.6. The molecule has 7 heteroatoms. The highest BCUT2D eigenvalue weighted by Crippen LogP contribution is 2.17. The van der Waals surface area contributed by atoms with Crippen molar-refractivity contribution in [3.63, 3.8) is 0 Å². The van der Waals surface area contributed by atoms with E-state index in [4.69, 9.17) is 0 Å². The molecule has 0 atom stereocenters. The van der Waals surface area contributed by atoms with Gasteiger partial charge in [-0.1, -0.05) is 6.07 Å². The maximum Gasteiger partial charge on any atom is 0.270 e. The molecular formula is C15H22N4O3. The third-order valence-corrected chi connectivity index (χ3v) is 3.82. The summed E-state index contributed by atoms with van der Waals surface area (Å²) < 4.78 is 0. The van der Waals surface area contributed by atoms with Crippen LogP contribution in [0.4, 0.5) is 5.69 Å². The van der Waals surface area contributed by atoms with Crippen molar-refractivity contribution >= 4 is 11.6 Å². The molecule has 22 heavy (non-hydrogen) atoms. The molecule has 0 aliphatic carbocycles. The molecule has 1 aliphatic rings. The minimum atomic E-state index is -0.486. The van der Waals surface area contributed by atoms with Crippen LogP contribution >= 0.6 is 0 Å². The second kappa shape index (κ2) is 7.86. The lowest BCUT2D eigenvalue weighted by molar-refractivity contribution is -0.384. The quantitative estimate of drug-likeness (QED) is 0.464. The van der Waals surface area contributed by atoms with E-state index in [9.17, 15) is 14.9 Å². The van der Waals surface area contributed by atoms with E-state index in [1.807, 2.05) is 0 Å². The van der Waals surface area contributed by atoms with Crippen molar-refractivity contribution in [3.05, 3.63) is 39.4 Å². The van der Waals surface area contributed by atoms with E-state index < -0.39 is 4.92 Å². The van der Waals surface area contributed by atoms with E-state index in [0.29, 0.717) is 12.1 Å². The van der Waals surface area contributed by atoms with E-state index in [1.165, 1.54) is 12.1 Å². The van der Waals surface area contributed by atoms with Gasteiger partial charge < -0.3 is 15.5 Å². The first kappa shape index (κ1) is 16.4. The summed E-state index contributed by atoms with van der Waals surface area (Å²) in [6.07, 6.45) is 0.875. The molecule has 0 spiro atoms. The Morgan fingerprint density at radius 3 is 2.82 bits per heavy atom. The summed E-state index contributed by atoms with van der Waals surface area (Å²) in [4.78, 5) is 24.8. The van der Waals surface area contributed by atoms with Gasteiger partial charge in [0.1, 0.15) is 0 Å². The van der Waals surface area contributed by atoms with Gasteiger partial charge in [-0.15, -0.1) is 0 Å². The zero-order valence-corrected chi connectivity index (χ0v) is 12.8. The van der Waals surface area contributed by atoms with E-state index in [-0.39, 0.29) is 11.6 Å². The number of benzene rings is 1. The largest absolute Gasteiger partial charge is 0.352 e. The van der Waals surface area contributed by atoms with Crippen LogP contribution in [-0.2, 0) is 0 Å². The smallest absolute Gasteiger partial charge is 0.270 e. The van der Waals surface area contributed by atoms with Crippen LogP contribution in [0.3, 0.4) is 0 Å². The number of nitrogens with one attached hydrogen (secondary N) is 2. The van der Waals surface area contributed by atoms with Gasteiger partial charge in [0.2, 0.25) is 0 Å². The normalized spacial score (nSPS) is 15.5. The first-order valence-electron chi connectivity index (χ1n) is 7.54. The average molecular weight is 306 g/mol. The Hall–Kier alpha value is -1.99. The molecule has 2 N–H and O–H groups in total.